The standard InChI is InChI=1S/C13H15F3N2O/c1-3-10-11(13(14,15)16)17-18(12(10)19)9-6-4-5-8(2)7-9/h4-7,10-11,17H,3H2,1-2H3/t10-,11+/m0/s1. The highest BCUT2D eigenvalue weighted by Gasteiger charge is 2.53. The minimum atomic E-state index is -4.44. The van der Waals surface area contributed by atoms with Gasteiger partial charge in [-0.15, -0.1) is 0 Å². The van der Waals surface area contributed by atoms with Crippen molar-refractivity contribution in [3.8, 4) is 0 Å². The lowest BCUT2D eigenvalue weighted by Gasteiger charge is -2.20. The number of alkyl halides is 3. The molecule has 2 atom stereocenters. The number of aryl methyl sites for hydroxylation is 1. The van der Waals surface area contributed by atoms with Crippen LogP contribution in [-0.2, 0) is 4.79 Å². The second-order valence-corrected chi connectivity index (χ2v) is 4.68. The fraction of sp³-hybridized carbons (Fsp3) is 0.462. The van der Waals surface area contributed by atoms with E-state index in [0.29, 0.717) is 5.69 Å². The summed E-state index contributed by atoms with van der Waals surface area (Å²) in [5, 5.41) is 1.01. The highest BCUT2D eigenvalue weighted by molar-refractivity contribution is 5.97. The quantitative estimate of drug-likeness (QED) is 0.898. The van der Waals surface area contributed by atoms with Crippen LogP contribution in [0.4, 0.5) is 18.9 Å². The van der Waals surface area contributed by atoms with Crippen molar-refractivity contribution < 1.29 is 18.0 Å². The van der Waals surface area contributed by atoms with E-state index in [-0.39, 0.29) is 6.42 Å². The largest absolute Gasteiger partial charge is 0.406 e. The Balaban J connectivity index is 2.32. The number of carbonyl (C=O) groups excluding carboxylic acids is 1. The lowest BCUT2D eigenvalue weighted by molar-refractivity contribution is -0.163. The molecule has 0 radical (unpaired) electrons. The smallest absolute Gasteiger partial charge is 0.273 e. The molecule has 1 amide bonds. The molecule has 0 aliphatic carbocycles. The van der Waals surface area contributed by atoms with Gasteiger partial charge in [0.15, 0.2) is 0 Å². The molecule has 1 aromatic rings. The lowest BCUT2D eigenvalue weighted by atomic mass is 9.98. The summed E-state index contributed by atoms with van der Waals surface area (Å²) < 4.78 is 38.7. The molecular formula is C13H15F3N2O. The van der Waals surface area contributed by atoms with Gasteiger partial charge in [0.25, 0.3) is 0 Å². The molecule has 3 nitrogen and oxygen atoms in total. The number of nitrogens with one attached hydrogen (secondary N) is 1. The Kier molecular flexibility index (Phi) is 3.54. The van der Waals surface area contributed by atoms with Gasteiger partial charge in [-0.2, -0.15) is 13.2 Å². The topological polar surface area (TPSA) is 32.3 Å². The van der Waals surface area contributed by atoms with E-state index in [4.69, 9.17) is 0 Å². The Labute approximate surface area is 109 Å². The molecule has 0 spiro atoms. The zero-order chi connectivity index (χ0) is 14.2. The maximum atomic E-state index is 12.9. The minimum Gasteiger partial charge on any atom is -0.273 e. The summed E-state index contributed by atoms with van der Waals surface area (Å²) >= 11 is 0. The van der Waals surface area contributed by atoms with Gasteiger partial charge in [-0.1, -0.05) is 19.1 Å². The van der Waals surface area contributed by atoms with Gasteiger partial charge in [0.2, 0.25) is 5.91 Å². The summed E-state index contributed by atoms with van der Waals surface area (Å²) in [5.41, 5.74) is 3.61. The van der Waals surface area contributed by atoms with Gasteiger partial charge in [0.1, 0.15) is 6.04 Å². The number of hydrazine groups is 1. The van der Waals surface area contributed by atoms with Crippen LogP contribution < -0.4 is 10.4 Å². The zero-order valence-electron chi connectivity index (χ0n) is 10.7. The third kappa shape index (κ3) is 2.58. The van der Waals surface area contributed by atoms with Crippen LogP contribution in [0.3, 0.4) is 0 Å². The molecule has 1 aliphatic rings. The van der Waals surface area contributed by atoms with E-state index >= 15 is 0 Å². The second-order valence-electron chi connectivity index (χ2n) is 4.68. The molecule has 1 saturated heterocycles. The Hall–Kier alpha value is -1.56. The molecule has 0 unspecified atom stereocenters. The Morgan fingerprint density at radius 3 is 2.53 bits per heavy atom. The van der Waals surface area contributed by atoms with Gasteiger partial charge in [-0.3, -0.25) is 4.79 Å². The molecule has 0 saturated carbocycles. The van der Waals surface area contributed by atoms with Crippen molar-refractivity contribution in [3.05, 3.63) is 29.8 Å². The third-order valence-electron chi connectivity index (χ3n) is 3.26. The van der Waals surface area contributed by atoms with Crippen LogP contribution in [0, 0.1) is 12.8 Å². The molecule has 1 heterocycles. The molecule has 1 aliphatic heterocycles. The number of anilines is 1. The average Bonchev–Trinajstić information content (AvgIpc) is 2.66. The third-order valence-corrected chi connectivity index (χ3v) is 3.26. The molecule has 2 rings (SSSR count). The van der Waals surface area contributed by atoms with E-state index in [0.717, 1.165) is 10.6 Å². The molecule has 104 valence electrons. The highest BCUT2D eigenvalue weighted by Crippen LogP contribution is 2.34. The van der Waals surface area contributed by atoms with Crippen molar-refractivity contribution in [2.45, 2.75) is 32.5 Å². The number of amides is 1. The SMILES string of the molecule is CC[C@@H]1C(=O)N(c2cccc(C)c2)N[C@H]1C(F)(F)F. The normalized spacial score (nSPS) is 24.1. The number of hydrogen-bond acceptors (Lipinski definition) is 2. The number of benzene rings is 1. The van der Waals surface area contributed by atoms with Crippen LogP contribution >= 0.6 is 0 Å². The Morgan fingerprint density at radius 2 is 2.05 bits per heavy atom. The van der Waals surface area contributed by atoms with E-state index in [2.05, 4.69) is 5.43 Å². The summed E-state index contributed by atoms with van der Waals surface area (Å²) in [6.07, 6.45) is -4.28. The van der Waals surface area contributed by atoms with Crippen LogP contribution in [0.5, 0.6) is 0 Å². The summed E-state index contributed by atoms with van der Waals surface area (Å²) in [6, 6.07) is 5.01. The Morgan fingerprint density at radius 1 is 1.37 bits per heavy atom. The van der Waals surface area contributed by atoms with Crippen molar-refractivity contribution >= 4 is 11.6 Å². The first-order valence-electron chi connectivity index (χ1n) is 6.08. The molecule has 0 aromatic heterocycles. The van der Waals surface area contributed by atoms with Gasteiger partial charge >= 0.3 is 6.18 Å². The second kappa shape index (κ2) is 4.85. The van der Waals surface area contributed by atoms with Gasteiger partial charge < -0.3 is 0 Å². The fourth-order valence-electron chi connectivity index (χ4n) is 2.28. The fourth-order valence-corrected chi connectivity index (χ4v) is 2.28. The predicted molar refractivity (Wildman–Crippen MR) is 65.4 cm³/mol. The maximum Gasteiger partial charge on any atom is 0.406 e. The first kappa shape index (κ1) is 13.9. The first-order chi connectivity index (χ1) is 8.84. The van der Waals surface area contributed by atoms with Crippen LogP contribution in [0.25, 0.3) is 0 Å². The summed E-state index contributed by atoms with van der Waals surface area (Å²) in [5.74, 6) is -1.60. The molecule has 1 N–H and O–H groups in total. The number of rotatable bonds is 2. The average molecular weight is 272 g/mol. The summed E-state index contributed by atoms with van der Waals surface area (Å²) in [6.45, 7) is 3.41. The molecule has 0 bridgehead atoms. The first-order valence-corrected chi connectivity index (χ1v) is 6.08. The van der Waals surface area contributed by atoms with Crippen LogP contribution in [0.2, 0.25) is 0 Å². The van der Waals surface area contributed by atoms with E-state index < -0.39 is 24.0 Å². The predicted octanol–water partition coefficient (Wildman–Crippen LogP) is 2.80. The van der Waals surface area contributed by atoms with E-state index in [1.165, 1.54) is 0 Å². The van der Waals surface area contributed by atoms with Crippen molar-refractivity contribution in [2.24, 2.45) is 5.92 Å². The summed E-state index contributed by atoms with van der Waals surface area (Å²) in [4.78, 5) is 12.1. The molecule has 6 heteroatoms. The number of nitrogens with zero attached hydrogens (tertiary/aromatic N) is 1. The molecule has 1 fully saturated rings. The molecular weight excluding hydrogens is 257 g/mol. The highest BCUT2D eigenvalue weighted by atomic mass is 19.4. The van der Waals surface area contributed by atoms with Crippen LogP contribution in [0.15, 0.2) is 24.3 Å². The van der Waals surface area contributed by atoms with E-state index in [9.17, 15) is 18.0 Å². The van der Waals surface area contributed by atoms with E-state index in [1.54, 1.807) is 25.1 Å². The minimum absolute atomic E-state index is 0.151. The number of hydrogen-bond donors (Lipinski definition) is 1. The monoisotopic (exact) mass is 272 g/mol. The number of carbonyl (C=O) groups is 1. The number of halogens is 3. The molecule has 19 heavy (non-hydrogen) atoms. The van der Waals surface area contributed by atoms with Crippen molar-refractivity contribution in [1.29, 1.82) is 0 Å². The van der Waals surface area contributed by atoms with Crippen molar-refractivity contribution in [2.75, 3.05) is 5.01 Å². The van der Waals surface area contributed by atoms with Crippen LogP contribution in [0.1, 0.15) is 18.9 Å². The maximum absolute atomic E-state index is 12.9. The van der Waals surface area contributed by atoms with Gasteiger partial charge in [-0.05, 0) is 31.0 Å². The van der Waals surface area contributed by atoms with Crippen molar-refractivity contribution in [1.82, 2.24) is 5.43 Å². The Bertz CT molecular complexity index is 487. The van der Waals surface area contributed by atoms with Gasteiger partial charge in [0.05, 0.1) is 11.6 Å². The lowest BCUT2D eigenvalue weighted by Crippen LogP contribution is -2.45. The van der Waals surface area contributed by atoms with Crippen molar-refractivity contribution in [3.63, 3.8) is 0 Å². The van der Waals surface area contributed by atoms with Gasteiger partial charge in [0, 0.05) is 0 Å². The van der Waals surface area contributed by atoms with Gasteiger partial charge in [-0.25, -0.2) is 10.4 Å². The molecule has 1 aromatic carbocycles. The summed E-state index contributed by atoms with van der Waals surface area (Å²) in [7, 11) is 0. The van der Waals surface area contributed by atoms with E-state index in [1.807, 2.05) is 13.0 Å². The van der Waals surface area contributed by atoms with Crippen LogP contribution in [-0.4, -0.2) is 18.1 Å². The zero-order valence-corrected chi connectivity index (χ0v) is 10.7.